The van der Waals surface area contributed by atoms with Crippen LogP contribution in [0.15, 0.2) is 18.2 Å². The monoisotopic (exact) mass is 294 g/mol. The molecule has 4 heteroatoms. The molecule has 0 saturated carbocycles. The third-order valence-electron chi connectivity index (χ3n) is 4.16. The molecule has 0 amide bonds. The van der Waals surface area contributed by atoms with Gasteiger partial charge in [0, 0.05) is 43.9 Å². The minimum Gasteiger partial charge on any atom is -0.496 e. The van der Waals surface area contributed by atoms with E-state index in [4.69, 9.17) is 4.74 Å². The summed E-state index contributed by atoms with van der Waals surface area (Å²) in [6.45, 7) is 8.59. The van der Waals surface area contributed by atoms with E-state index < -0.39 is 0 Å². The van der Waals surface area contributed by atoms with Crippen LogP contribution in [-0.4, -0.2) is 38.2 Å². The van der Waals surface area contributed by atoms with Crippen molar-refractivity contribution in [3.8, 4) is 5.75 Å². The summed E-state index contributed by atoms with van der Waals surface area (Å²) in [5.74, 6) is 1.10. The first-order chi connectivity index (χ1) is 10.1. The largest absolute Gasteiger partial charge is 0.496 e. The number of rotatable bonds is 6. The van der Waals surface area contributed by atoms with Gasteiger partial charge in [-0.25, -0.2) is 4.39 Å². The van der Waals surface area contributed by atoms with Crippen LogP contribution < -0.4 is 10.1 Å². The Morgan fingerprint density at radius 2 is 1.95 bits per heavy atom. The van der Waals surface area contributed by atoms with Gasteiger partial charge in [-0.15, -0.1) is 0 Å². The fourth-order valence-corrected chi connectivity index (χ4v) is 2.98. The van der Waals surface area contributed by atoms with Crippen LogP contribution in [0.25, 0.3) is 0 Å². The van der Waals surface area contributed by atoms with Crippen LogP contribution in [0.5, 0.6) is 5.75 Å². The Morgan fingerprint density at radius 3 is 2.57 bits per heavy atom. The summed E-state index contributed by atoms with van der Waals surface area (Å²) in [7, 11) is 1.62. The number of piperazine rings is 1. The van der Waals surface area contributed by atoms with Gasteiger partial charge in [0.25, 0.3) is 0 Å². The van der Waals surface area contributed by atoms with Crippen molar-refractivity contribution in [1.82, 2.24) is 10.2 Å². The van der Waals surface area contributed by atoms with E-state index in [0.717, 1.165) is 44.6 Å². The van der Waals surface area contributed by atoms with E-state index >= 15 is 0 Å². The van der Waals surface area contributed by atoms with Gasteiger partial charge in [-0.3, -0.25) is 4.90 Å². The molecule has 1 fully saturated rings. The third kappa shape index (κ3) is 4.42. The van der Waals surface area contributed by atoms with Crippen molar-refractivity contribution in [3.63, 3.8) is 0 Å². The Bertz CT molecular complexity index is 444. The second-order valence-corrected chi connectivity index (χ2v) is 6.16. The number of ether oxygens (including phenoxy) is 1. The van der Waals surface area contributed by atoms with Crippen LogP contribution in [0.2, 0.25) is 0 Å². The molecule has 1 N–H and O–H groups in total. The van der Waals surface area contributed by atoms with E-state index in [1.54, 1.807) is 13.2 Å². The number of hydrogen-bond donors (Lipinski definition) is 1. The summed E-state index contributed by atoms with van der Waals surface area (Å²) in [5, 5.41) is 3.39. The van der Waals surface area contributed by atoms with Gasteiger partial charge in [0.15, 0.2) is 0 Å². The molecule has 1 aromatic carbocycles. The van der Waals surface area contributed by atoms with Crippen molar-refractivity contribution in [1.29, 1.82) is 0 Å². The molecular weight excluding hydrogens is 267 g/mol. The lowest BCUT2D eigenvalue weighted by molar-refractivity contribution is 0.157. The highest BCUT2D eigenvalue weighted by atomic mass is 19.1. The van der Waals surface area contributed by atoms with Crippen molar-refractivity contribution < 1.29 is 9.13 Å². The molecule has 3 nitrogen and oxygen atoms in total. The quantitative estimate of drug-likeness (QED) is 0.872. The van der Waals surface area contributed by atoms with Gasteiger partial charge < -0.3 is 10.1 Å². The Hall–Kier alpha value is -1.13. The lowest BCUT2D eigenvalue weighted by Crippen LogP contribution is -2.45. The Labute approximate surface area is 127 Å². The van der Waals surface area contributed by atoms with Crippen LogP contribution in [0.4, 0.5) is 4.39 Å². The topological polar surface area (TPSA) is 24.5 Å². The molecule has 0 bridgehead atoms. The first kappa shape index (κ1) is 16.2. The van der Waals surface area contributed by atoms with Crippen molar-refractivity contribution in [2.75, 3.05) is 33.3 Å². The van der Waals surface area contributed by atoms with Crippen LogP contribution >= 0.6 is 0 Å². The molecule has 1 heterocycles. The maximum absolute atomic E-state index is 13.5. The summed E-state index contributed by atoms with van der Waals surface area (Å²) in [6, 6.07) is 5.24. The molecule has 2 rings (SSSR count). The molecule has 0 aromatic heterocycles. The van der Waals surface area contributed by atoms with Crippen molar-refractivity contribution in [3.05, 3.63) is 29.6 Å². The first-order valence-corrected chi connectivity index (χ1v) is 7.90. The average Bonchev–Trinajstić information content (AvgIpc) is 2.49. The van der Waals surface area contributed by atoms with Gasteiger partial charge in [0.05, 0.1) is 7.11 Å². The summed E-state index contributed by atoms with van der Waals surface area (Å²) in [5.41, 5.74) is 1.11. The predicted molar refractivity (Wildman–Crippen MR) is 84.2 cm³/mol. The standard InChI is InChI=1S/C17H27FN2O/c1-13(2)4-7-16(20-10-8-19-9-11-20)15-6-5-14(18)12-17(15)21-3/h5-6,12-13,16,19H,4,7-11H2,1-3H3/t16-/m0/s1. The lowest BCUT2D eigenvalue weighted by atomic mass is 9.95. The molecule has 1 aliphatic heterocycles. The second kappa shape index (κ2) is 7.76. The zero-order chi connectivity index (χ0) is 15.2. The van der Waals surface area contributed by atoms with Crippen LogP contribution in [-0.2, 0) is 0 Å². The Kier molecular flexibility index (Phi) is 6.00. The number of benzene rings is 1. The molecule has 21 heavy (non-hydrogen) atoms. The fraction of sp³-hybridized carbons (Fsp3) is 0.647. The van der Waals surface area contributed by atoms with Crippen LogP contribution in [0, 0.1) is 11.7 Å². The van der Waals surface area contributed by atoms with E-state index in [1.165, 1.54) is 6.07 Å². The molecular formula is C17H27FN2O. The minimum atomic E-state index is -0.237. The maximum Gasteiger partial charge on any atom is 0.126 e. The first-order valence-electron chi connectivity index (χ1n) is 7.90. The molecule has 118 valence electrons. The van der Waals surface area contributed by atoms with Gasteiger partial charge >= 0.3 is 0 Å². The van der Waals surface area contributed by atoms with Gasteiger partial charge in [0.1, 0.15) is 11.6 Å². The SMILES string of the molecule is COc1cc(F)ccc1[C@H](CCC(C)C)N1CCNCC1. The number of methoxy groups -OCH3 is 1. The minimum absolute atomic E-state index is 0.237. The highest BCUT2D eigenvalue weighted by molar-refractivity contribution is 5.36. The summed E-state index contributed by atoms with van der Waals surface area (Å²) in [4.78, 5) is 2.49. The summed E-state index contributed by atoms with van der Waals surface area (Å²) >= 11 is 0. The van der Waals surface area contributed by atoms with Crippen LogP contribution in [0.1, 0.15) is 38.3 Å². The number of nitrogens with zero attached hydrogens (tertiary/aromatic N) is 1. The smallest absolute Gasteiger partial charge is 0.126 e. The molecule has 0 radical (unpaired) electrons. The number of hydrogen-bond acceptors (Lipinski definition) is 3. The predicted octanol–water partition coefficient (Wildman–Crippen LogP) is 3.22. The van der Waals surface area contributed by atoms with E-state index in [0.29, 0.717) is 17.7 Å². The average molecular weight is 294 g/mol. The molecule has 1 saturated heterocycles. The zero-order valence-corrected chi connectivity index (χ0v) is 13.4. The van der Waals surface area contributed by atoms with Crippen molar-refractivity contribution >= 4 is 0 Å². The highest BCUT2D eigenvalue weighted by Gasteiger charge is 2.25. The normalized spacial score (nSPS) is 18.0. The maximum atomic E-state index is 13.5. The molecule has 1 aromatic rings. The van der Waals surface area contributed by atoms with Crippen molar-refractivity contribution in [2.45, 2.75) is 32.7 Å². The van der Waals surface area contributed by atoms with E-state index in [9.17, 15) is 4.39 Å². The lowest BCUT2D eigenvalue weighted by Gasteiger charge is -2.36. The Balaban J connectivity index is 2.24. The zero-order valence-electron chi connectivity index (χ0n) is 13.4. The van der Waals surface area contributed by atoms with Crippen LogP contribution in [0.3, 0.4) is 0 Å². The summed E-state index contributed by atoms with van der Waals surface area (Å²) < 4.78 is 18.9. The Morgan fingerprint density at radius 1 is 1.24 bits per heavy atom. The molecule has 0 unspecified atom stereocenters. The molecule has 1 atom stereocenters. The van der Waals surface area contributed by atoms with E-state index in [2.05, 4.69) is 24.1 Å². The number of halogens is 1. The molecule has 0 aliphatic carbocycles. The van der Waals surface area contributed by atoms with E-state index in [1.807, 2.05) is 6.07 Å². The van der Waals surface area contributed by atoms with Gasteiger partial charge in [-0.1, -0.05) is 19.9 Å². The van der Waals surface area contributed by atoms with Gasteiger partial charge in [0.2, 0.25) is 0 Å². The molecule has 1 aliphatic rings. The fourth-order valence-electron chi connectivity index (χ4n) is 2.98. The number of nitrogens with one attached hydrogen (secondary N) is 1. The third-order valence-corrected chi connectivity index (χ3v) is 4.16. The van der Waals surface area contributed by atoms with Gasteiger partial charge in [-0.2, -0.15) is 0 Å². The second-order valence-electron chi connectivity index (χ2n) is 6.16. The van der Waals surface area contributed by atoms with E-state index in [-0.39, 0.29) is 5.82 Å². The summed E-state index contributed by atoms with van der Waals surface area (Å²) in [6.07, 6.45) is 2.24. The highest BCUT2D eigenvalue weighted by Crippen LogP contribution is 2.34. The van der Waals surface area contributed by atoms with Crippen molar-refractivity contribution in [2.24, 2.45) is 5.92 Å². The molecule has 0 spiro atoms. The van der Waals surface area contributed by atoms with Gasteiger partial charge in [-0.05, 0) is 24.8 Å².